The molecule has 1 fully saturated rings. The van der Waals surface area contributed by atoms with Crippen LogP contribution in [0.1, 0.15) is 53.4 Å². The Kier molecular flexibility index (Phi) is 8.03. The van der Waals surface area contributed by atoms with Gasteiger partial charge in [0.05, 0.1) is 25.9 Å². The summed E-state index contributed by atoms with van der Waals surface area (Å²) in [5.74, 6) is 0.571. The number of aliphatic hydroxyl groups is 1. The summed E-state index contributed by atoms with van der Waals surface area (Å²) in [5.41, 5.74) is -0.157. The van der Waals surface area contributed by atoms with E-state index in [-0.39, 0.29) is 18.2 Å². The number of ether oxygens (including phenoxy) is 2. The Morgan fingerprint density at radius 1 is 1.25 bits per heavy atom. The van der Waals surface area contributed by atoms with E-state index in [9.17, 15) is 5.11 Å². The molecule has 0 aromatic carbocycles. The molecule has 0 bridgehead atoms. The van der Waals surface area contributed by atoms with Crippen molar-refractivity contribution in [1.82, 2.24) is 5.32 Å². The van der Waals surface area contributed by atoms with Gasteiger partial charge in [0.2, 0.25) is 0 Å². The fraction of sp³-hybridized carbons (Fsp3) is 1.00. The highest BCUT2D eigenvalue weighted by Gasteiger charge is 2.36. The van der Waals surface area contributed by atoms with Crippen molar-refractivity contribution >= 4 is 0 Å². The van der Waals surface area contributed by atoms with Crippen LogP contribution in [0.2, 0.25) is 0 Å². The van der Waals surface area contributed by atoms with E-state index in [1.165, 1.54) is 0 Å². The first-order chi connectivity index (χ1) is 9.47. The van der Waals surface area contributed by atoms with E-state index in [2.05, 4.69) is 33.0 Å². The van der Waals surface area contributed by atoms with Gasteiger partial charge >= 0.3 is 0 Å². The third-order valence-electron chi connectivity index (χ3n) is 3.73. The second-order valence-electron chi connectivity index (χ2n) is 6.80. The molecule has 0 aromatic rings. The van der Waals surface area contributed by atoms with Crippen LogP contribution in [-0.2, 0) is 9.47 Å². The van der Waals surface area contributed by atoms with Crippen LogP contribution in [0.25, 0.3) is 0 Å². The SMILES string of the molecule is CC(C)COCCOC1CCCC(CO)(NC(C)C)C1. The molecular formula is C16H33NO3. The smallest absolute Gasteiger partial charge is 0.0704 e. The quantitative estimate of drug-likeness (QED) is 0.639. The highest BCUT2D eigenvalue weighted by atomic mass is 16.5. The Morgan fingerprint density at radius 2 is 2.00 bits per heavy atom. The summed E-state index contributed by atoms with van der Waals surface area (Å²) in [7, 11) is 0. The molecule has 2 N–H and O–H groups in total. The summed E-state index contributed by atoms with van der Waals surface area (Å²) in [6, 6.07) is 0.385. The Labute approximate surface area is 124 Å². The van der Waals surface area contributed by atoms with Gasteiger partial charge in [0.15, 0.2) is 0 Å². The maximum atomic E-state index is 9.74. The lowest BCUT2D eigenvalue weighted by molar-refractivity contribution is -0.0415. The van der Waals surface area contributed by atoms with Gasteiger partial charge in [0.25, 0.3) is 0 Å². The van der Waals surface area contributed by atoms with Gasteiger partial charge in [0.1, 0.15) is 0 Å². The number of hydrogen-bond donors (Lipinski definition) is 2. The van der Waals surface area contributed by atoms with E-state index >= 15 is 0 Å². The number of nitrogens with one attached hydrogen (secondary N) is 1. The fourth-order valence-electron chi connectivity index (χ4n) is 2.98. The minimum Gasteiger partial charge on any atom is -0.394 e. The maximum absolute atomic E-state index is 9.74. The van der Waals surface area contributed by atoms with Crippen molar-refractivity contribution in [3.05, 3.63) is 0 Å². The summed E-state index contributed by atoms with van der Waals surface area (Å²) in [6.45, 7) is 10.9. The molecule has 0 radical (unpaired) electrons. The van der Waals surface area contributed by atoms with Crippen molar-refractivity contribution in [1.29, 1.82) is 0 Å². The molecule has 2 atom stereocenters. The first-order valence-corrected chi connectivity index (χ1v) is 8.05. The van der Waals surface area contributed by atoms with E-state index in [1.807, 2.05) is 0 Å². The van der Waals surface area contributed by atoms with E-state index in [0.717, 1.165) is 32.3 Å². The minimum absolute atomic E-state index is 0.157. The van der Waals surface area contributed by atoms with Crippen LogP contribution in [-0.4, -0.2) is 49.2 Å². The monoisotopic (exact) mass is 287 g/mol. The van der Waals surface area contributed by atoms with Gasteiger partial charge in [-0.1, -0.05) is 27.7 Å². The van der Waals surface area contributed by atoms with Crippen LogP contribution < -0.4 is 5.32 Å². The Balaban J connectivity index is 2.29. The number of rotatable bonds is 9. The number of hydrogen-bond acceptors (Lipinski definition) is 4. The molecule has 0 spiro atoms. The lowest BCUT2D eigenvalue weighted by Crippen LogP contribution is -2.55. The van der Waals surface area contributed by atoms with E-state index in [1.54, 1.807) is 0 Å². The zero-order valence-corrected chi connectivity index (χ0v) is 13.7. The lowest BCUT2D eigenvalue weighted by Gasteiger charge is -2.41. The zero-order valence-electron chi connectivity index (χ0n) is 13.7. The molecular weight excluding hydrogens is 254 g/mol. The van der Waals surface area contributed by atoms with Crippen molar-refractivity contribution in [2.75, 3.05) is 26.4 Å². The van der Waals surface area contributed by atoms with Crippen molar-refractivity contribution in [2.45, 2.75) is 71.1 Å². The molecule has 0 aromatic heterocycles. The van der Waals surface area contributed by atoms with Gasteiger partial charge in [-0.05, 0) is 31.6 Å². The highest BCUT2D eigenvalue weighted by molar-refractivity contribution is 4.94. The molecule has 0 amide bonds. The summed E-state index contributed by atoms with van der Waals surface area (Å²) in [5, 5.41) is 13.3. The van der Waals surface area contributed by atoms with Crippen LogP contribution in [0.4, 0.5) is 0 Å². The van der Waals surface area contributed by atoms with Crippen LogP contribution in [0.3, 0.4) is 0 Å². The van der Waals surface area contributed by atoms with Gasteiger partial charge in [-0.15, -0.1) is 0 Å². The van der Waals surface area contributed by atoms with E-state index in [4.69, 9.17) is 9.47 Å². The van der Waals surface area contributed by atoms with Gasteiger partial charge in [0, 0.05) is 18.2 Å². The normalized spacial score (nSPS) is 27.4. The Hall–Kier alpha value is -0.160. The molecule has 120 valence electrons. The lowest BCUT2D eigenvalue weighted by atomic mass is 9.80. The third-order valence-corrected chi connectivity index (χ3v) is 3.73. The summed E-state index contributed by atoms with van der Waals surface area (Å²) in [6.07, 6.45) is 4.37. The fourth-order valence-corrected chi connectivity index (χ4v) is 2.98. The van der Waals surface area contributed by atoms with Gasteiger partial charge in [-0.25, -0.2) is 0 Å². The minimum atomic E-state index is -0.157. The van der Waals surface area contributed by atoms with Crippen molar-refractivity contribution in [2.24, 2.45) is 5.92 Å². The highest BCUT2D eigenvalue weighted by Crippen LogP contribution is 2.30. The topological polar surface area (TPSA) is 50.7 Å². The largest absolute Gasteiger partial charge is 0.394 e. The molecule has 1 aliphatic carbocycles. The van der Waals surface area contributed by atoms with Crippen LogP contribution in [0.15, 0.2) is 0 Å². The predicted molar refractivity (Wildman–Crippen MR) is 82.0 cm³/mol. The Bertz CT molecular complexity index is 258. The molecule has 4 nitrogen and oxygen atoms in total. The molecule has 0 heterocycles. The second kappa shape index (κ2) is 8.98. The average molecular weight is 287 g/mol. The number of aliphatic hydroxyl groups excluding tert-OH is 1. The van der Waals surface area contributed by atoms with Gasteiger partial charge in [-0.3, -0.25) is 0 Å². The molecule has 4 heteroatoms. The van der Waals surface area contributed by atoms with Crippen LogP contribution >= 0.6 is 0 Å². The standard InChI is InChI=1S/C16H33NO3/c1-13(2)11-19-8-9-20-15-6-5-7-16(10-15,12-18)17-14(3)4/h13-15,17-18H,5-12H2,1-4H3. The molecule has 1 aliphatic rings. The van der Waals surface area contributed by atoms with Crippen LogP contribution in [0.5, 0.6) is 0 Å². The summed E-state index contributed by atoms with van der Waals surface area (Å²) in [4.78, 5) is 0. The van der Waals surface area contributed by atoms with Crippen molar-refractivity contribution in [3.63, 3.8) is 0 Å². The van der Waals surface area contributed by atoms with E-state index < -0.39 is 0 Å². The predicted octanol–water partition coefficient (Wildman–Crippen LogP) is 2.35. The molecule has 0 saturated heterocycles. The molecule has 2 unspecified atom stereocenters. The van der Waals surface area contributed by atoms with Crippen molar-refractivity contribution < 1.29 is 14.6 Å². The maximum Gasteiger partial charge on any atom is 0.0704 e. The van der Waals surface area contributed by atoms with Crippen molar-refractivity contribution in [3.8, 4) is 0 Å². The summed E-state index contributed by atoms with van der Waals surface area (Å²) >= 11 is 0. The second-order valence-corrected chi connectivity index (χ2v) is 6.80. The Morgan fingerprint density at radius 3 is 2.60 bits per heavy atom. The molecule has 1 rings (SSSR count). The molecule has 0 aliphatic heterocycles. The van der Waals surface area contributed by atoms with Crippen LogP contribution in [0, 0.1) is 5.92 Å². The van der Waals surface area contributed by atoms with E-state index in [0.29, 0.717) is 25.2 Å². The summed E-state index contributed by atoms with van der Waals surface area (Å²) < 4.78 is 11.5. The molecule has 1 saturated carbocycles. The zero-order chi connectivity index (χ0) is 15.0. The third kappa shape index (κ3) is 6.53. The van der Waals surface area contributed by atoms with Gasteiger partial charge < -0.3 is 19.9 Å². The van der Waals surface area contributed by atoms with Gasteiger partial charge in [-0.2, -0.15) is 0 Å². The first kappa shape index (κ1) is 17.9. The molecule has 20 heavy (non-hydrogen) atoms. The first-order valence-electron chi connectivity index (χ1n) is 8.05. The average Bonchev–Trinajstić information content (AvgIpc) is 2.37.